The number of para-hydroxylation sites is 1. The number of hydrogen-bond acceptors (Lipinski definition) is 10. The number of nitrogens with zero attached hydrogens (tertiary/aromatic N) is 3. The van der Waals surface area contributed by atoms with Gasteiger partial charge in [0.05, 0.1) is 17.8 Å². The number of anilines is 1. The van der Waals surface area contributed by atoms with E-state index in [1.54, 1.807) is 27.9 Å². The Morgan fingerprint density at radius 2 is 1.73 bits per heavy atom. The molecule has 12 heteroatoms. The van der Waals surface area contributed by atoms with Crippen LogP contribution >= 0.6 is 0 Å². The molecular weight excluding hydrogens is 664 g/mol. The Labute approximate surface area is 311 Å². The number of ether oxygens (including phenoxy) is 4. The predicted octanol–water partition coefficient (Wildman–Crippen LogP) is 5.04. The Kier molecular flexibility index (Phi) is 14.7. The summed E-state index contributed by atoms with van der Waals surface area (Å²) in [4.78, 5) is 47.4. The largest absolute Gasteiger partial charge is 0.463 e. The van der Waals surface area contributed by atoms with Gasteiger partial charge in [0.1, 0.15) is 18.1 Å². The fourth-order valence-corrected chi connectivity index (χ4v) is 8.56. The quantitative estimate of drug-likeness (QED) is 0.277. The summed E-state index contributed by atoms with van der Waals surface area (Å²) in [5, 5.41) is 14.4. The highest BCUT2D eigenvalue weighted by Crippen LogP contribution is 2.38. The molecule has 3 aliphatic heterocycles. The van der Waals surface area contributed by atoms with Crippen molar-refractivity contribution in [3.63, 3.8) is 0 Å². The first-order valence-corrected chi connectivity index (χ1v) is 19.3. The van der Waals surface area contributed by atoms with Crippen LogP contribution in [0.1, 0.15) is 80.6 Å². The molecule has 0 aliphatic carbocycles. The minimum absolute atomic E-state index is 0.0636. The van der Waals surface area contributed by atoms with Gasteiger partial charge in [0, 0.05) is 50.4 Å². The number of piperidine rings is 1. The lowest BCUT2D eigenvalue weighted by Crippen LogP contribution is -2.59. The number of methoxy groups -OCH3 is 1. The first-order chi connectivity index (χ1) is 24.5. The second-order valence-corrected chi connectivity index (χ2v) is 16.5. The molecule has 2 N–H and O–H groups in total. The summed E-state index contributed by atoms with van der Waals surface area (Å²) in [6.45, 7) is 16.2. The van der Waals surface area contributed by atoms with E-state index in [0.29, 0.717) is 31.8 Å². The number of esters is 1. The summed E-state index contributed by atoms with van der Waals surface area (Å²) in [7, 11) is 5.48. The van der Waals surface area contributed by atoms with Crippen LogP contribution in [-0.4, -0.2) is 134 Å². The van der Waals surface area contributed by atoms with E-state index in [-0.39, 0.29) is 42.5 Å². The minimum Gasteiger partial charge on any atom is -0.463 e. The SMILES string of the molecule is CCN1C[C@H](C)C[C@@](C)(OC)[C@H](O[C@@H]2O[C@H](C)C[C@H](N(C)C)[C@H]2O)[C@@H](C)C(=O)C(C)(C)C(=O)OC[C@H]1CC1CCN(C(=O)Nc2ccccc2)CC1. The number of likely N-dealkylation sites (N-methyl/N-ethyl adjacent to an activating group) is 2. The molecule has 0 spiro atoms. The van der Waals surface area contributed by atoms with Gasteiger partial charge >= 0.3 is 12.0 Å². The number of carbonyl (C=O) groups is 3. The summed E-state index contributed by atoms with van der Waals surface area (Å²) in [5.74, 6) is -1.21. The molecule has 0 bridgehead atoms. The van der Waals surface area contributed by atoms with Crippen LogP contribution in [0.15, 0.2) is 30.3 Å². The van der Waals surface area contributed by atoms with E-state index in [4.69, 9.17) is 18.9 Å². The van der Waals surface area contributed by atoms with Gasteiger partial charge in [-0.25, -0.2) is 4.79 Å². The van der Waals surface area contributed by atoms with Crippen LogP contribution in [0.25, 0.3) is 0 Å². The molecule has 294 valence electrons. The number of ketones is 1. The molecule has 3 heterocycles. The number of benzene rings is 1. The molecule has 3 saturated heterocycles. The number of likely N-dealkylation sites (tertiary alicyclic amines) is 1. The van der Waals surface area contributed by atoms with Crippen molar-refractivity contribution in [1.82, 2.24) is 14.7 Å². The van der Waals surface area contributed by atoms with Crippen LogP contribution in [0.3, 0.4) is 0 Å². The van der Waals surface area contributed by atoms with Crippen molar-refractivity contribution in [2.24, 2.45) is 23.2 Å². The topological polar surface area (TPSA) is 130 Å². The molecule has 52 heavy (non-hydrogen) atoms. The monoisotopic (exact) mass is 730 g/mol. The summed E-state index contributed by atoms with van der Waals surface area (Å²) in [6.07, 6.45) is 0.778. The van der Waals surface area contributed by atoms with E-state index >= 15 is 0 Å². The van der Waals surface area contributed by atoms with Gasteiger partial charge in [0.25, 0.3) is 0 Å². The van der Waals surface area contributed by atoms with Gasteiger partial charge in [-0.05, 0) is 104 Å². The number of amides is 2. The zero-order valence-corrected chi connectivity index (χ0v) is 33.3. The third-order valence-corrected chi connectivity index (χ3v) is 11.8. The average molecular weight is 731 g/mol. The summed E-state index contributed by atoms with van der Waals surface area (Å²) in [6, 6.07) is 9.14. The van der Waals surface area contributed by atoms with Crippen molar-refractivity contribution < 1.29 is 38.4 Å². The van der Waals surface area contributed by atoms with Crippen LogP contribution < -0.4 is 5.32 Å². The Hall–Kier alpha value is -2.61. The van der Waals surface area contributed by atoms with Crippen LogP contribution in [-0.2, 0) is 28.5 Å². The third-order valence-electron chi connectivity index (χ3n) is 11.8. The first kappa shape index (κ1) is 42.1. The average Bonchev–Trinajstić information content (AvgIpc) is 3.11. The second-order valence-electron chi connectivity index (χ2n) is 16.5. The fourth-order valence-electron chi connectivity index (χ4n) is 8.56. The van der Waals surface area contributed by atoms with Gasteiger partial charge in [-0.15, -0.1) is 0 Å². The Bertz CT molecular complexity index is 1320. The molecule has 4 rings (SSSR count). The molecular formula is C40H66N4O8. The Balaban J connectivity index is 1.55. The molecule has 0 unspecified atom stereocenters. The number of Topliss-reactive ketones (excluding diaryl/α,β-unsaturated/α-hetero) is 1. The van der Waals surface area contributed by atoms with Crippen molar-refractivity contribution in [2.45, 2.75) is 123 Å². The van der Waals surface area contributed by atoms with Crippen molar-refractivity contribution in [3.05, 3.63) is 30.3 Å². The molecule has 9 atom stereocenters. The van der Waals surface area contributed by atoms with Crippen LogP contribution in [0.2, 0.25) is 0 Å². The van der Waals surface area contributed by atoms with Crippen LogP contribution in [0.5, 0.6) is 0 Å². The maximum Gasteiger partial charge on any atom is 0.321 e. The standard InChI is InChI=1S/C40H66N4O8/c1-11-43-24-26(2)23-40(7,49-10)35(52-36-33(45)32(42(8)9)21-27(3)51-36)28(4)34(46)39(5,6)37(47)50-25-31(43)22-29-17-19-44(20-18-29)38(48)41-30-15-13-12-14-16-30/h12-16,26-29,31-33,35-36,45H,11,17-25H2,1-10H3,(H,41,48)/t26-,27-,28+,31-,32+,33-,35-,36+,40-/m1/s1. The Morgan fingerprint density at radius 1 is 1.08 bits per heavy atom. The van der Waals surface area contributed by atoms with Crippen molar-refractivity contribution >= 4 is 23.5 Å². The van der Waals surface area contributed by atoms with E-state index in [2.05, 4.69) is 24.1 Å². The lowest BCUT2D eigenvalue weighted by molar-refractivity contribution is -0.295. The molecule has 1 aromatic rings. The Morgan fingerprint density at radius 3 is 2.33 bits per heavy atom. The fraction of sp³-hybridized carbons (Fsp3) is 0.775. The third kappa shape index (κ3) is 10.1. The summed E-state index contributed by atoms with van der Waals surface area (Å²) < 4.78 is 25.2. The molecule has 0 saturated carbocycles. The van der Waals surface area contributed by atoms with E-state index < -0.39 is 41.4 Å². The number of cyclic esters (lactones) is 1. The maximum atomic E-state index is 14.4. The first-order valence-electron chi connectivity index (χ1n) is 19.3. The normalized spacial score (nSPS) is 34.6. The number of aliphatic hydroxyl groups excluding tert-OH is 1. The number of carbonyl (C=O) groups excluding carboxylic acids is 3. The van der Waals surface area contributed by atoms with Gasteiger partial charge in [-0.1, -0.05) is 39.0 Å². The van der Waals surface area contributed by atoms with Crippen molar-refractivity contribution in [2.75, 3.05) is 59.3 Å². The van der Waals surface area contributed by atoms with Crippen molar-refractivity contribution in [3.8, 4) is 0 Å². The molecule has 12 nitrogen and oxygen atoms in total. The molecule has 3 aliphatic rings. The summed E-state index contributed by atoms with van der Waals surface area (Å²) in [5.41, 5.74) is -1.64. The van der Waals surface area contributed by atoms with E-state index in [1.807, 2.05) is 68.1 Å². The van der Waals surface area contributed by atoms with Gasteiger partial charge in [0.2, 0.25) is 0 Å². The van der Waals surface area contributed by atoms with E-state index in [0.717, 1.165) is 38.0 Å². The van der Waals surface area contributed by atoms with Gasteiger partial charge in [-0.2, -0.15) is 0 Å². The molecule has 0 aromatic heterocycles. The zero-order valence-electron chi connectivity index (χ0n) is 33.3. The minimum atomic E-state index is -1.46. The number of rotatable bonds is 8. The maximum absolute atomic E-state index is 14.4. The van der Waals surface area contributed by atoms with Gasteiger partial charge in [-0.3, -0.25) is 14.5 Å². The highest BCUT2D eigenvalue weighted by molar-refractivity contribution is 6.04. The molecule has 0 radical (unpaired) electrons. The molecule has 3 fully saturated rings. The van der Waals surface area contributed by atoms with E-state index in [9.17, 15) is 19.5 Å². The highest BCUT2D eigenvalue weighted by atomic mass is 16.7. The lowest BCUT2D eigenvalue weighted by atomic mass is 9.74. The lowest BCUT2D eigenvalue weighted by Gasteiger charge is -2.47. The van der Waals surface area contributed by atoms with Crippen LogP contribution in [0, 0.1) is 23.2 Å². The smallest absolute Gasteiger partial charge is 0.321 e. The van der Waals surface area contributed by atoms with E-state index in [1.165, 1.54) is 0 Å². The number of urea groups is 1. The summed E-state index contributed by atoms with van der Waals surface area (Å²) >= 11 is 0. The number of aliphatic hydroxyl groups is 1. The van der Waals surface area contributed by atoms with Crippen molar-refractivity contribution in [1.29, 1.82) is 0 Å². The number of hydrogen-bond donors (Lipinski definition) is 2. The highest BCUT2D eigenvalue weighted by Gasteiger charge is 2.51. The zero-order chi connectivity index (χ0) is 38.4. The predicted molar refractivity (Wildman–Crippen MR) is 201 cm³/mol. The molecule has 2 amide bonds. The second kappa shape index (κ2) is 18.1. The number of nitrogens with one attached hydrogen (secondary N) is 1. The van der Waals surface area contributed by atoms with Gasteiger partial charge in [0.15, 0.2) is 12.1 Å². The molecule has 1 aromatic carbocycles. The van der Waals surface area contributed by atoms with Crippen LogP contribution in [0.4, 0.5) is 10.5 Å². The van der Waals surface area contributed by atoms with Gasteiger partial charge < -0.3 is 39.2 Å².